The van der Waals surface area contributed by atoms with Gasteiger partial charge >= 0.3 is 5.97 Å². The second-order valence-corrected chi connectivity index (χ2v) is 2.75. The number of rotatable bonds is 5. The highest BCUT2D eigenvalue weighted by molar-refractivity contribution is 7.80. The molecule has 0 rings (SSSR count). The molecule has 0 saturated carbocycles. The first-order valence-electron chi connectivity index (χ1n) is 3.61. The summed E-state index contributed by atoms with van der Waals surface area (Å²) >= 11 is 3.84. The summed E-state index contributed by atoms with van der Waals surface area (Å²) in [6.07, 6.45) is 3.00. The molecule has 0 aliphatic rings. The van der Waals surface area contributed by atoms with Crippen LogP contribution in [0.1, 0.15) is 13.3 Å². The van der Waals surface area contributed by atoms with E-state index in [0.717, 1.165) is 0 Å². The van der Waals surface area contributed by atoms with Crippen molar-refractivity contribution in [2.24, 2.45) is 5.92 Å². The number of carboxylic acid groups (broad SMARTS) is 1. The number of hydrogen-bond donors (Lipinski definition) is 2. The van der Waals surface area contributed by atoms with Crippen molar-refractivity contribution in [3.63, 3.8) is 0 Å². The molecular weight excluding hydrogens is 176 g/mol. The Morgan fingerprint density at radius 1 is 1.58 bits per heavy atom. The van der Waals surface area contributed by atoms with Gasteiger partial charge in [0, 0.05) is 12.2 Å². The Labute approximate surface area is 76.9 Å². The van der Waals surface area contributed by atoms with Crippen LogP contribution in [-0.4, -0.2) is 22.6 Å². The van der Waals surface area contributed by atoms with Crippen molar-refractivity contribution in [3.8, 4) is 0 Å². The van der Waals surface area contributed by atoms with Gasteiger partial charge in [0.15, 0.2) is 5.78 Å². The van der Waals surface area contributed by atoms with Crippen LogP contribution in [0.25, 0.3) is 0 Å². The van der Waals surface area contributed by atoms with Crippen LogP contribution >= 0.6 is 12.6 Å². The summed E-state index contributed by atoms with van der Waals surface area (Å²) in [5.74, 6) is -1.61. The average Bonchev–Trinajstić information content (AvgIpc) is 2.00. The average molecular weight is 188 g/mol. The predicted molar refractivity (Wildman–Crippen MR) is 49.4 cm³/mol. The molecule has 0 aliphatic heterocycles. The molecule has 0 aromatic carbocycles. The maximum atomic E-state index is 10.9. The summed E-state index contributed by atoms with van der Waals surface area (Å²) < 4.78 is 0. The lowest BCUT2D eigenvalue weighted by Crippen LogP contribution is -2.18. The van der Waals surface area contributed by atoms with Gasteiger partial charge in [-0.15, -0.1) is 0 Å². The highest BCUT2D eigenvalue weighted by Crippen LogP contribution is 2.06. The minimum absolute atomic E-state index is 0.0309. The van der Waals surface area contributed by atoms with Crippen molar-refractivity contribution >= 4 is 24.4 Å². The molecule has 0 bridgehead atoms. The predicted octanol–water partition coefficient (Wildman–Crippen LogP) is 1.15. The summed E-state index contributed by atoms with van der Waals surface area (Å²) in [6.45, 7) is 1.72. The lowest BCUT2D eigenvalue weighted by Gasteiger charge is -2.04. The van der Waals surface area contributed by atoms with Crippen molar-refractivity contribution < 1.29 is 14.7 Å². The molecule has 0 saturated heterocycles. The lowest BCUT2D eigenvalue weighted by molar-refractivity contribution is -0.142. The van der Waals surface area contributed by atoms with Crippen molar-refractivity contribution in [2.45, 2.75) is 13.3 Å². The van der Waals surface area contributed by atoms with E-state index < -0.39 is 11.9 Å². The van der Waals surface area contributed by atoms with E-state index in [-0.39, 0.29) is 18.0 Å². The Bertz CT molecular complexity index is 198. The fraction of sp³-hybridized carbons (Fsp3) is 0.500. The van der Waals surface area contributed by atoms with Crippen molar-refractivity contribution in [2.75, 3.05) is 5.75 Å². The maximum Gasteiger partial charge on any atom is 0.307 e. The number of hydrogen-bond acceptors (Lipinski definition) is 3. The molecule has 12 heavy (non-hydrogen) atoms. The van der Waals surface area contributed by atoms with Crippen LogP contribution in [0.3, 0.4) is 0 Å². The summed E-state index contributed by atoms with van der Waals surface area (Å²) in [6, 6.07) is 0. The van der Waals surface area contributed by atoms with Crippen molar-refractivity contribution in [3.05, 3.63) is 12.2 Å². The zero-order valence-electron chi connectivity index (χ0n) is 6.86. The molecule has 0 fully saturated rings. The normalized spacial score (nSPS) is 13.2. The quantitative estimate of drug-likeness (QED) is 0.502. The zero-order valence-corrected chi connectivity index (χ0v) is 7.75. The Kier molecular flexibility index (Phi) is 5.45. The third kappa shape index (κ3) is 4.18. The number of carbonyl (C=O) groups excluding carboxylic acids is 1. The van der Waals surface area contributed by atoms with Crippen LogP contribution in [0.5, 0.6) is 0 Å². The van der Waals surface area contributed by atoms with E-state index in [0.29, 0.717) is 0 Å². The van der Waals surface area contributed by atoms with Gasteiger partial charge in [0.2, 0.25) is 0 Å². The molecule has 3 nitrogen and oxygen atoms in total. The van der Waals surface area contributed by atoms with Gasteiger partial charge in [0.1, 0.15) is 0 Å². The standard InChI is InChI=1S/C8H12O3S/c1-2-3-7(9)4-6(5-12)8(10)11/h2-3,6,12H,4-5H2,1H3,(H,10,11)/b3-2+. The molecule has 0 aliphatic carbocycles. The molecule has 0 radical (unpaired) electrons. The molecule has 1 unspecified atom stereocenters. The van der Waals surface area contributed by atoms with E-state index in [4.69, 9.17) is 5.11 Å². The minimum Gasteiger partial charge on any atom is -0.481 e. The second kappa shape index (κ2) is 5.83. The topological polar surface area (TPSA) is 54.4 Å². The third-order valence-corrected chi connectivity index (χ3v) is 1.81. The first kappa shape index (κ1) is 11.2. The third-order valence-electron chi connectivity index (χ3n) is 1.37. The molecule has 0 amide bonds. The second-order valence-electron chi connectivity index (χ2n) is 2.39. The Morgan fingerprint density at radius 2 is 2.17 bits per heavy atom. The van der Waals surface area contributed by atoms with E-state index in [2.05, 4.69) is 12.6 Å². The van der Waals surface area contributed by atoms with Gasteiger partial charge in [-0.25, -0.2) is 0 Å². The van der Waals surface area contributed by atoms with Gasteiger partial charge in [0.05, 0.1) is 5.92 Å². The monoisotopic (exact) mass is 188 g/mol. The molecule has 0 spiro atoms. The van der Waals surface area contributed by atoms with E-state index in [1.54, 1.807) is 13.0 Å². The van der Waals surface area contributed by atoms with Gasteiger partial charge in [-0.05, 0) is 13.0 Å². The van der Waals surface area contributed by atoms with Gasteiger partial charge in [-0.3, -0.25) is 9.59 Å². The summed E-state index contributed by atoms with van der Waals surface area (Å²) in [4.78, 5) is 21.4. The fourth-order valence-electron chi connectivity index (χ4n) is 0.727. The highest BCUT2D eigenvalue weighted by atomic mass is 32.1. The molecule has 0 aromatic heterocycles. The maximum absolute atomic E-state index is 10.9. The number of carbonyl (C=O) groups is 2. The number of ketones is 1. The molecular formula is C8H12O3S. The molecule has 1 N–H and O–H groups in total. The number of thiol groups is 1. The molecule has 0 aromatic rings. The number of allylic oxidation sites excluding steroid dienone is 2. The van der Waals surface area contributed by atoms with Crippen molar-refractivity contribution in [1.82, 2.24) is 0 Å². The van der Waals surface area contributed by atoms with Gasteiger partial charge in [-0.1, -0.05) is 6.08 Å². The van der Waals surface area contributed by atoms with Crippen LogP contribution in [0, 0.1) is 5.92 Å². The largest absolute Gasteiger partial charge is 0.481 e. The van der Waals surface area contributed by atoms with Crippen LogP contribution in [0.2, 0.25) is 0 Å². The van der Waals surface area contributed by atoms with Crippen LogP contribution < -0.4 is 0 Å². The number of carboxylic acids is 1. The smallest absolute Gasteiger partial charge is 0.307 e. The Hall–Kier alpha value is -0.770. The minimum atomic E-state index is -0.970. The SMILES string of the molecule is C/C=C/C(=O)CC(CS)C(=O)O. The summed E-state index contributed by atoms with van der Waals surface area (Å²) in [5, 5.41) is 8.57. The summed E-state index contributed by atoms with van der Waals surface area (Å²) in [7, 11) is 0. The highest BCUT2D eigenvalue weighted by Gasteiger charge is 2.17. The first-order valence-corrected chi connectivity index (χ1v) is 4.24. The van der Waals surface area contributed by atoms with E-state index in [9.17, 15) is 9.59 Å². The van der Waals surface area contributed by atoms with E-state index in [1.807, 2.05) is 0 Å². The molecule has 4 heteroatoms. The number of aliphatic carboxylic acids is 1. The van der Waals surface area contributed by atoms with Crippen LogP contribution in [0.4, 0.5) is 0 Å². The first-order chi connectivity index (χ1) is 5.61. The van der Waals surface area contributed by atoms with E-state index >= 15 is 0 Å². The fourth-order valence-corrected chi connectivity index (χ4v) is 1.01. The van der Waals surface area contributed by atoms with Gasteiger partial charge in [0.25, 0.3) is 0 Å². The Balaban J connectivity index is 4.03. The van der Waals surface area contributed by atoms with E-state index in [1.165, 1.54) is 6.08 Å². The van der Waals surface area contributed by atoms with Crippen molar-refractivity contribution in [1.29, 1.82) is 0 Å². The van der Waals surface area contributed by atoms with Gasteiger partial charge in [-0.2, -0.15) is 12.6 Å². The zero-order chi connectivity index (χ0) is 9.56. The lowest BCUT2D eigenvalue weighted by atomic mass is 10.0. The van der Waals surface area contributed by atoms with Crippen LogP contribution in [-0.2, 0) is 9.59 Å². The molecule has 1 atom stereocenters. The summed E-state index contributed by atoms with van der Waals surface area (Å²) in [5.41, 5.74) is 0. The Morgan fingerprint density at radius 3 is 2.50 bits per heavy atom. The van der Waals surface area contributed by atoms with Gasteiger partial charge < -0.3 is 5.11 Å². The molecule has 0 heterocycles. The van der Waals surface area contributed by atoms with Crippen LogP contribution in [0.15, 0.2) is 12.2 Å². The molecule has 68 valence electrons.